The second kappa shape index (κ2) is 4.89. The molecule has 0 unspecified atom stereocenters. The van der Waals surface area contributed by atoms with Gasteiger partial charge in [-0.1, -0.05) is 23.4 Å². The van der Waals surface area contributed by atoms with E-state index in [1.165, 1.54) is 0 Å². The summed E-state index contributed by atoms with van der Waals surface area (Å²) >= 11 is 5.92. The van der Waals surface area contributed by atoms with Crippen LogP contribution in [0.5, 0.6) is 0 Å². The zero-order valence-corrected chi connectivity index (χ0v) is 9.28. The molecule has 1 heterocycles. The lowest BCUT2D eigenvalue weighted by molar-refractivity contribution is 0.350. The minimum atomic E-state index is -0.155. The normalized spacial score (nSPS) is 9.62. The smallest absolute Gasteiger partial charge is 0.104 e. The summed E-state index contributed by atoms with van der Waals surface area (Å²) in [6.45, 7) is -0.155. The third kappa shape index (κ3) is 2.27. The van der Waals surface area contributed by atoms with Gasteiger partial charge in [0.1, 0.15) is 6.61 Å². The number of nitrogens with zero attached hydrogens (tertiary/aromatic N) is 1. The highest BCUT2D eigenvalue weighted by Gasteiger charge is 2.02. The van der Waals surface area contributed by atoms with Gasteiger partial charge in [0, 0.05) is 17.4 Å². The first-order valence-corrected chi connectivity index (χ1v) is 5.21. The molecule has 0 aliphatic carbocycles. The molecule has 0 bridgehead atoms. The first-order chi connectivity index (χ1) is 7.81. The van der Waals surface area contributed by atoms with E-state index in [0.717, 1.165) is 11.3 Å². The number of aromatic nitrogens is 1. The molecule has 1 N–H and O–H groups in total. The van der Waals surface area contributed by atoms with E-state index in [1.807, 2.05) is 41.2 Å². The minimum absolute atomic E-state index is 0.155. The lowest BCUT2D eigenvalue weighted by atomic mass is 10.2. The van der Waals surface area contributed by atoms with Gasteiger partial charge in [-0.3, -0.25) is 0 Å². The maximum atomic E-state index is 8.70. The van der Waals surface area contributed by atoms with Gasteiger partial charge in [0.05, 0.1) is 11.3 Å². The summed E-state index contributed by atoms with van der Waals surface area (Å²) in [6, 6.07) is 9.40. The molecule has 0 spiro atoms. The van der Waals surface area contributed by atoms with Crippen LogP contribution in [-0.4, -0.2) is 16.3 Å². The summed E-state index contributed by atoms with van der Waals surface area (Å²) in [5, 5.41) is 9.34. The van der Waals surface area contributed by atoms with Gasteiger partial charge in [0.15, 0.2) is 0 Å². The second-order valence-electron chi connectivity index (χ2n) is 3.21. The molecule has 0 aliphatic heterocycles. The van der Waals surface area contributed by atoms with Crippen LogP contribution in [0.3, 0.4) is 0 Å². The Kier molecular flexibility index (Phi) is 3.31. The molecule has 2 nitrogen and oxygen atoms in total. The van der Waals surface area contributed by atoms with Crippen LogP contribution in [0.25, 0.3) is 5.69 Å². The maximum Gasteiger partial charge on any atom is 0.104 e. The van der Waals surface area contributed by atoms with Crippen molar-refractivity contribution in [2.24, 2.45) is 0 Å². The molecule has 0 saturated carbocycles. The van der Waals surface area contributed by atoms with Gasteiger partial charge >= 0.3 is 0 Å². The minimum Gasteiger partial charge on any atom is -0.384 e. The summed E-state index contributed by atoms with van der Waals surface area (Å²) in [5.74, 6) is 5.51. The predicted molar refractivity (Wildman–Crippen MR) is 64.7 cm³/mol. The Labute approximate surface area is 99.1 Å². The van der Waals surface area contributed by atoms with Crippen LogP contribution in [0.2, 0.25) is 5.02 Å². The molecule has 0 aliphatic rings. The molecule has 0 amide bonds. The Morgan fingerprint density at radius 2 is 2.00 bits per heavy atom. The van der Waals surface area contributed by atoms with Crippen LogP contribution in [0, 0.1) is 11.8 Å². The Hall–Kier alpha value is -1.69. The highest BCUT2D eigenvalue weighted by Crippen LogP contribution is 2.19. The molecule has 0 radical (unpaired) electrons. The van der Waals surface area contributed by atoms with E-state index in [9.17, 15) is 0 Å². The molecule has 1 aromatic heterocycles. The van der Waals surface area contributed by atoms with Crippen molar-refractivity contribution in [2.75, 3.05) is 6.61 Å². The molecule has 1 aromatic carbocycles. The maximum absolute atomic E-state index is 8.70. The standard InChI is InChI=1S/C13H10ClNO/c14-12-5-6-13(15-7-1-2-8-15)11(10-12)4-3-9-16/h1-2,5-8,10,16H,9H2. The van der Waals surface area contributed by atoms with Crippen molar-refractivity contribution in [3.63, 3.8) is 0 Å². The quantitative estimate of drug-likeness (QED) is 0.750. The average molecular weight is 232 g/mol. The molecule has 3 heteroatoms. The van der Waals surface area contributed by atoms with Gasteiger partial charge in [0.2, 0.25) is 0 Å². The third-order valence-electron chi connectivity index (χ3n) is 2.14. The number of aliphatic hydroxyl groups excluding tert-OH is 1. The topological polar surface area (TPSA) is 25.2 Å². The average Bonchev–Trinajstić information content (AvgIpc) is 2.80. The molecule has 2 aromatic rings. The van der Waals surface area contributed by atoms with Crippen LogP contribution in [0.1, 0.15) is 5.56 Å². The number of hydrogen-bond acceptors (Lipinski definition) is 1. The van der Waals surface area contributed by atoms with Crippen LogP contribution in [0.4, 0.5) is 0 Å². The van der Waals surface area contributed by atoms with Gasteiger partial charge in [0.25, 0.3) is 0 Å². The van der Waals surface area contributed by atoms with Crippen molar-refractivity contribution in [2.45, 2.75) is 0 Å². The second-order valence-corrected chi connectivity index (χ2v) is 3.65. The third-order valence-corrected chi connectivity index (χ3v) is 2.38. The van der Waals surface area contributed by atoms with Crippen LogP contribution < -0.4 is 0 Å². The van der Waals surface area contributed by atoms with E-state index in [-0.39, 0.29) is 6.61 Å². The summed E-state index contributed by atoms with van der Waals surface area (Å²) in [4.78, 5) is 0. The highest BCUT2D eigenvalue weighted by atomic mass is 35.5. The van der Waals surface area contributed by atoms with E-state index >= 15 is 0 Å². The van der Waals surface area contributed by atoms with E-state index in [1.54, 1.807) is 6.07 Å². The number of benzene rings is 1. The van der Waals surface area contributed by atoms with Crippen molar-refractivity contribution in [3.05, 3.63) is 53.3 Å². The Bertz CT molecular complexity index is 535. The van der Waals surface area contributed by atoms with Crippen LogP contribution in [-0.2, 0) is 0 Å². The SMILES string of the molecule is OCC#Cc1cc(Cl)ccc1-n1cccc1. The number of aliphatic hydroxyl groups is 1. The Morgan fingerprint density at radius 3 is 2.69 bits per heavy atom. The fourth-order valence-electron chi connectivity index (χ4n) is 1.46. The molecule has 2 rings (SSSR count). The fourth-order valence-corrected chi connectivity index (χ4v) is 1.64. The number of halogens is 1. The van der Waals surface area contributed by atoms with E-state index < -0.39 is 0 Å². The zero-order valence-electron chi connectivity index (χ0n) is 8.52. The summed E-state index contributed by atoms with van der Waals surface area (Å²) in [7, 11) is 0. The van der Waals surface area contributed by atoms with Gasteiger partial charge < -0.3 is 9.67 Å². The molecular formula is C13H10ClNO. The Morgan fingerprint density at radius 1 is 1.25 bits per heavy atom. The first kappa shape index (κ1) is 10.8. The largest absolute Gasteiger partial charge is 0.384 e. The Balaban J connectivity index is 2.52. The molecule has 0 fully saturated rings. The van der Waals surface area contributed by atoms with Crippen molar-refractivity contribution in [1.82, 2.24) is 4.57 Å². The van der Waals surface area contributed by atoms with Gasteiger partial charge in [-0.25, -0.2) is 0 Å². The molecule has 0 atom stereocenters. The van der Waals surface area contributed by atoms with Crippen LogP contribution >= 0.6 is 11.6 Å². The fraction of sp³-hybridized carbons (Fsp3) is 0.0769. The van der Waals surface area contributed by atoms with Crippen molar-refractivity contribution in [3.8, 4) is 17.5 Å². The summed E-state index contributed by atoms with van der Waals surface area (Å²) in [6.07, 6.45) is 3.88. The van der Waals surface area contributed by atoms with Crippen molar-refractivity contribution >= 4 is 11.6 Å². The number of hydrogen-bond donors (Lipinski definition) is 1. The van der Waals surface area contributed by atoms with E-state index in [2.05, 4.69) is 11.8 Å². The van der Waals surface area contributed by atoms with Crippen molar-refractivity contribution < 1.29 is 5.11 Å². The van der Waals surface area contributed by atoms with Crippen molar-refractivity contribution in [1.29, 1.82) is 0 Å². The molecule has 16 heavy (non-hydrogen) atoms. The summed E-state index contributed by atoms with van der Waals surface area (Å²) < 4.78 is 1.96. The van der Waals surface area contributed by atoms with Gasteiger partial charge in [-0.15, -0.1) is 0 Å². The molecular weight excluding hydrogens is 222 g/mol. The van der Waals surface area contributed by atoms with Gasteiger partial charge in [-0.05, 0) is 30.3 Å². The van der Waals surface area contributed by atoms with E-state index in [0.29, 0.717) is 5.02 Å². The predicted octanol–water partition coefficient (Wildman–Crippen LogP) is 2.47. The molecule has 80 valence electrons. The highest BCUT2D eigenvalue weighted by molar-refractivity contribution is 6.30. The lowest BCUT2D eigenvalue weighted by Gasteiger charge is -2.06. The first-order valence-electron chi connectivity index (χ1n) is 4.84. The molecule has 0 saturated heterocycles. The monoisotopic (exact) mass is 231 g/mol. The van der Waals surface area contributed by atoms with E-state index in [4.69, 9.17) is 16.7 Å². The summed E-state index contributed by atoms with van der Waals surface area (Å²) in [5.41, 5.74) is 1.76. The zero-order chi connectivity index (χ0) is 11.4. The van der Waals surface area contributed by atoms with Crippen LogP contribution in [0.15, 0.2) is 42.7 Å². The lowest BCUT2D eigenvalue weighted by Crippen LogP contribution is -1.94. The van der Waals surface area contributed by atoms with Gasteiger partial charge in [-0.2, -0.15) is 0 Å². The number of rotatable bonds is 1.